The first-order chi connectivity index (χ1) is 17.1. The Bertz CT molecular complexity index is 1370. The number of carbonyl (C=O) groups excluding carboxylic acids is 1. The summed E-state index contributed by atoms with van der Waals surface area (Å²) < 4.78 is 51.7. The molecule has 0 bridgehead atoms. The molecule has 11 heteroatoms. The number of aryl methyl sites for hydroxylation is 1. The van der Waals surface area contributed by atoms with Gasteiger partial charge in [-0.05, 0) is 42.3 Å². The number of aromatic nitrogens is 2. The van der Waals surface area contributed by atoms with Gasteiger partial charge in [0, 0.05) is 58.6 Å². The lowest BCUT2D eigenvalue weighted by molar-refractivity contribution is -0.145. The second-order valence-corrected chi connectivity index (χ2v) is 9.71. The first-order valence-electron chi connectivity index (χ1n) is 11.7. The SMILES string of the molecule is COC[C@@]1(C(=O)N2CCc3ncc(C(F)(F)F)cc3C2)CCN(Cc2ccc3oc(=O)n(C)c3c2)C1. The fraction of sp³-hybridized carbons (Fsp3) is 0.480. The van der Waals surface area contributed by atoms with Crippen molar-refractivity contribution < 1.29 is 27.1 Å². The van der Waals surface area contributed by atoms with Gasteiger partial charge < -0.3 is 14.1 Å². The fourth-order valence-corrected chi connectivity index (χ4v) is 5.34. The van der Waals surface area contributed by atoms with Crippen molar-refractivity contribution in [2.24, 2.45) is 12.5 Å². The van der Waals surface area contributed by atoms with Crippen molar-refractivity contribution in [2.45, 2.75) is 32.1 Å². The molecule has 0 unspecified atom stereocenters. The number of ether oxygens (including phenoxy) is 1. The number of benzene rings is 1. The van der Waals surface area contributed by atoms with E-state index in [0.717, 1.165) is 17.8 Å². The number of likely N-dealkylation sites (tertiary alicyclic amines) is 1. The Hall–Kier alpha value is -3.18. The van der Waals surface area contributed by atoms with E-state index < -0.39 is 22.9 Å². The number of nitrogens with zero attached hydrogens (tertiary/aromatic N) is 4. The van der Waals surface area contributed by atoms with Crippen LogP contribution in [0.2, 0.25) is 0 Å². The van der Waals surface area contributed by atoms with Crippen molar-refractivity contribution in [3.8, 4) is 0 Å². The van der Waals surface area contributed by atoms with Crippen LogP contribution in [0, 0.1) is 5.41 Å². The summed E-state index contributed by atoms with van der Waals surface area (Å²) in [6, 6.07) is 6.68. The Kier molecular flexibility index (Phi) is 6.16. The number of oxazole rings is 1. The zero-order valence-electron chi connectivity index (χ0n) is 20.1. The van der Waals surface area contributed by atoms with Crippen LogP contribution in [0.15, 0.2) is 39.7 Å². The molecule has 3 aromatic rings. The van der Waals surface area contributed by atoms with E-state index in [1.807, 2.05) is 12.1 Å². The number of hydrogen-bond acceptors (Lipinski definition) is 6. The normalized spacial score (nSPS) is 20.8. The molecule has 1 amide bonds. The highest BCUT2D eigenvalue weighted by Gasteiger charge is 2.47. The predicted octanol–water partition coefficient (Wildman–Crippen LogP) is 2.97. The standard InChI is InChI=1S/C25H27F3N4O4/c1-30-20-9-16(3-4-21(20)36-23(30)34)12-31-8-6-24(14-31,15-35-2)22(33)32-7-5-19-17(13-32)10-18(11-29-19)25(26,27)28/h3-4,9-11H,5-8,12-15H2,1-2H3/t24-/m1/s1. The van der Waals surface area contributed by atoms with Crippen LogP contribution in [0.4, 0.5) is 13.2 Å². The quantitative estimate of drug-likeness (QED) is 0.532. The molecule has 0 aliphatic carbocycles. The molecule has 4 heterocycles. The summed E-state index contributed by atoms with van der Waals surface area (Å²) in [6.07, 6.45) is -2.63. The number of alkyl halides is 3. The van der Waals surface area contributed by atoms with E-state index in [4.69, 9.17) is 9.15 Å². The topological polar surface area (TPSA) is 80.8 Å². The highest BCUT2D eigenvalue weighted by molar-refractivity contribution is 5.84. The van der Waals surface area contributed by atoms with E-state index >= 15 is 0 Å². The van der Waals surface area contributed by atoms with Crippen molar-refractivity contribution in [3.63, 3.8) is 0 Å². The molecular formula is C25H27F3N4O4. The summed E-state index contributed by atoms with van der Waals surface area (Å²) in [6.45, 7) is 2.44. The van der Waals surface area contributed by atoms with Gasteiger partial charge in [-0.15, -0.1) is 0 Å². The highest BCUT2D eigenvalue weighted by Crippen LogP contribution is 2.36. The van der Waals surface area contributed by atoms with Gasteiger partial charge in [-0.3, -0.25) is 19.2 Å². The molecule has 2 aliphatic heterocycles. The van der Waals surface area contributed by atoms with Gasteiger partial charge in [0.1, 0.15) is 0 Å². The maximum absolute atomic E-state index is 13.8. The number of pyridine rings is 1. The predicted molar refractivity (Wildman–Crippen MR) is 124 cm³/mol. The lowest BCUT2D eigenvalue weighted by Gasteiger charge is -2.36. The number of methoxy groups -OCH3 is 1. The molecule has 1 atom stereocenters. The van der Waals surface area contributed by atoms with Crippen LogP contribution in [-0.2, 0) is 42.3 Å². The zero-order chi connectivity index (χ0) is 25.7. The molecule has 0 N–H and O–H groups in total. The molecule has 2 aliphatic rings. The molecule has 192 valence electrons. The molecular weight excluding hydrogens is 477 g/mol. The minimum absolute atomic E-state index is 0.0989. The Labute approximate surface area is 205 Å². The largest absolute Gasteiger partial charge is 0.419 e. The molecule has 0 radical (unpaired) electrons. The number of rotatable bonds is 5. The number of halogens is 3. The zero-order valence-corrected chi connectivity index (χ0v) is 20.1. The molecule has 0 saturated carbocycles. The monoisotopic (exact) mass is 504 g/mol. The molecule has 8 nitrogen and oxygen atoms in total. The summed E-state index contributed by atoms with van der Waals surface area (Å²) >= 11 is 0. The smallest absolute Gasteiger partial charge is 0.408 e. The van der Waals surface area contributed by atoms with E-state index in [1.165, 1.54) is 4.57 Å². The van der Waals surface area contributed by atoms with E-state index in [-0.39, 0.29) is 19.1 Å². The third-order valence-corrected chi connectivity index (χ3v) is 7.22. The average Bonchev–Trinajstić information content (AvgIpc) is 3.38. The first kappa shape index (κ1) is 24.5. The second kappa shape index (κ2) is 9.04. The Morgan fingerprint density at radius 3 is 2.81 bits per heavy atom. The fourth-order valence-electron chi connectivity index (χ4n) is 5.34. The Balaban J connectivity index is 1.33. The maximum Gasteiger partial charge on any atom is 0.419 e. The van der Waals surface area contributed by atoms with Crippen molar-refractivity contribution in [1.29, 1.82) is 0 Å². The van der Waals surface area contributed by atoms with Gasteiger partial charge in [0.2, 0.25) is 5.91 Å². The van der Waals surface area contributed by atoms with Gasteiger partial charge in [-0.2, -0.15) is 13.2 Å². The van der Waals surface area contributed by atoms with E-state index in [2.05, 4.69) is 9.88 Å². The van der Waals surface area contributed by atoms with Crippen molar-refractivity contribution in [2.75, 3.05) is 33.4 Å². The maximum atomic E-state index is 13.8. The average molecular weight is 505 g/mol. The summed E-state index contributed by atoms with van der Waals surface area (Å²) in [5.74, 6) is -0.531. The molecule has 1 saturated heterocycles. The number of fused-ring (bicyclic) bond motifs is 2. The molecule has 1 aromatic carbocycles. The molecule has 0 spiro atoms. The molecule has 5 rings (SSSR count). The lowest BCUT2D eigenvalue weighted by atomic mass is 9.85. The number of amides is 1. The van der Waals surface area contributed by atoms with Crippen molar-refractivity contribution >= 4 is 17.0 Å². The minimum atomic E-state index is -4.48. The van der Waals surface area contributed by atoms with Crippen LogP contribution in [0.25, 0.3) is 11.1 Å². The second-order valence-electron chi connectivity index (χ2n) is 9.71. The number of carbonyl (C=O) groups is 1. The van der Waals surface area contributed by atoms with Crippen LogP contribution in [0.1, 0.15) is 28.8 Å². The van der Waals surface area contributed by atoms with Crippen LogP contribution in [0.5, 0.6) is 0 Å². The third-order valence-electron chi connectivity index (χ3n) is 7.22. The number of hydrogen-bond donors (Lipinski definition) is 0. The summed E-state index contributed by atoms with van der Waals surface area (Å²) in [5, 5.41) is 0. The molecule has 1 fully saturated rings. The summed E-state index contributed by atoms with van der Waals surface area (Å²) in [7, 11) is 3.20. The summed E-state index contributed by atoms with van der Waals surface area (Å²) in [4.78, 5) is 33.3. The van der Waals surface area contributed by atoms with Crippen molar-refractivity contribution in [3.05, 3.63) is 63.4 Å². The van der Waals surface area contributed by atoms with Crippen LogP contribution in [-0.4, -0.2) is 58.6 Å². The van der Waals surface area contributed by atoms with Crippen LogP contribution in [0.3, 0.4) is 0 Å². The van der Waals surface area contributed by atoms with Gasteiger partial charge >= 0.3 is 11.9 Å². The van der Waals surface area contributed by atoms with Gasteiger partial charge in [-0.1, -0.05) is 6.07 Å². The van der Waals surface area contributed by atoms with E-state index in [0.29, 0.717) is 61.4 Å². The molecule has 36 heavy (non-hydrogen) atoms. The lowest BCUT2D eigenvalue weighted by Crippen LogP contribution is -2.49. The van der Waals surface area contributed by atoms with Gasteiger partial charge in [-0.25, -0.2) is 4.79 Å². The van der Waals surface area contributed by atoms with Gasteiger partial charge in [0.05, 0.1) is 23.1 Å². The van der Waals surface area contributed by atoms with E-state index in [9.17, 15) is 22.8 Å². The highest BCUT2D eigenvalue weighted by atomic mass is 19.4. The van der Waals surface area contributed by atoms with Crippen molar-refractivity contribution in [1.82, 2.24) is 19.4 Å². The Morgan fingerprint density at radius 2 is 2.06 bits per heavy atom. The van der Waals surface area contributed by atoms with Crippen LogP contribution < -0.4 is 5.76 Å². The van der Waals surface area contributed by atoms with E-state index in [1.54, 1.807) is 25.1 Å². The first-order valence-corrected chi connectivity index (χ1v) is 11.7. The Morgan fingerprint density at radius 1 is 1.25 bits per heavy atom. The van der Waals surface area contributed by atoms with Gasteiger partial charge in [0.25, 0.3) is 0 Å². The third kappa shape index (κ3) is 4.41. The van der Waals surface area contributed by atoms with Crippen LogP contribution >= 0.6 is 0 Å². The summed E-state index contributed by atoms with van der Waals surface area (Å²) in [5.41, 5.74) is 1.66. The van der Waals surface area contributed by atoms with Gasteiger partial charge in [0.15, 0.2) is 5.58 Å². The minimum Gasteiger partial charge on any atom is -0.408 e. The molecule has 2 aromatic heterocycles.